The van der Waals surface area contributed by atoms with Gasteiger partial charge in [-0.2, -0.15) is 0 Å². The van der Waals surface area contributed by atoms with Crippen LogP contribution in [0.2, 0.25) is 5.02 Å². The maximum atomic E-state index is 13.1. The fourth-order valence-corrected chi connectivity index (χ4v) is 2.49. The smallest absolute Gasteiger partial charge is 0.191 e. The molecule has 3 nitrogen and oxygen atoms in total. The summed E-state index contributed by atoms with van der Waals surface area (Å²) in [5.74, 6) is 0.287. The quantitative estimate of drug-likeness (QED) is 0.429. The summed E-state index contributed by atoms with van der Waals surface area (Å²) >= 11 is 7.43. The lowest BCUT2D eigenvalue weighted by atomic mass is 10.2. The zero-order chi connectivity index (χ0) is 14.4. The summed E-state index contributed by atoms with van der Waals surface area (Å²) in [6.45, 7) is 1.26. The molecule has 0 atom stereocenters. The first-order chi connectivity index (χ1) is 9.69. The molecule has 0 radical (unpaired) electrons. The van der Waals surface area contributed by atoms with Gasteiger partial charge in [0.2, 0.25) is 0 Å². The molecule has 0 aliphatic heterocycles. The molecule has 2 rings (SSSR count). The minimum absolute atomic E-state index is 0. The molecule has 1 heterocycles. The fraction of sp³-hybridized carbons (Fsp3) is 0.214. The van der Waals surface area contributed by atoms with Gasteiger partial charge in [-0.3, -0.25) is 4.99 Å². The summed E-state index contributed by atoms with van der Waals surface area (Å²) in [5.41, 5.74) is 0.899. The highest BCUT2D eigenvalue weighted by Crippen LogP contribution is 2.15. The van der Waals surface area contributed by atoms with Crippen LogP contribution in [-0.4, -0.2) is 13.0 Å². The van der Waals surface area contributed by atoms with Gasteiger partial charge in [-0.25, -0.2) is 4.39 Å². The van der Waals surface area contributed by atoms with Gasteiger partial charge in [-0.1, -0.05) is 23.7 Å². The molecule has 0 fully saturated rings. The molecule has 21 heavy (non-hydrogen) atoms. The molecule has 0 saturated heterocycles. The van der Waals surface area contributed by atoms with Crippen LogP contribution < -0.4 is 10.6 Å². The highest BCUT2D eigenvalue weighted by Gasteiger charge is 2.03. The Kier molecular flexibility index (Phi) is 7.98. The molecule has 0 amide bonds. The summed E-state index contributed by atoms with van der Waals surface area (Å²) < 4.78 is 13.1. The Morgan fingerprint density at radius 2 is 2.05 bits per heavy atom. The van der Waals surface area contributed by atoms with E-state index in [2.05, 4.69) is 21.7 Å². The van der Waals surface area contributed by atoms with E-state index in [4.69, 9.17) is 11.6 Å². The number of halogens is 3. The van der Waals surface area contributed by atoms with Gasteiger partial charge in [0.15, 0.2) is 5.96 Å². The predicted octanol–water partition coefficient (Wildman–Crippen LogP) is 4.02. The van der Waals surface area contributed by atoms with Gasteiger partial charge in [0, 0.05) is 18.5 Å². The van der Waals surface area contributed by atoms with Crippen molar-refractivity contribution in [3.8, 4) is 0 Å². The molecule has 0 aliphatic rings. The van der Waals surface area contributed by atoms with Crippen LogP contribution in [0.15, 0.2) is 40.7 Å². The number of nitrogens with zero attached hydrogens (tertiary/aromatic N) is 1. The molecular weight excluding hydrogens is 424 g/mol. The molecular formula is C14H16ClFIN3S. The van der Waals surface area contributed by atoms with E-state index in [1.54, 1.807) is 30.5 Å². The van der Waals surface area contributed by atoms with Crippen LogP contribution in [0.5, 0.6) is 0 Å². The monoisotopic (exact) mass is 439 g/mol. The molecule has 0 aliphatic carbocycles. The average molecular weight is 440 g/mol. The molecule has 0 spiro atoms. The Morgan fingerprint density at radius 1 is 1.29 bits per heavy atom. The first-order valence-corrected chi connectivity index (χ1v) is 7.35. The first kappa shape index (κ1) is 18.2. The van der Waals surface area contributed by atoms with Crippen LogP contribution in [0.3, 0.4) is 0 Å². The van der Waals surface area contributed by atoms with Crippen LogP contribution in [0.4, 0.5) is 4.39 Å². The van der Waals surface area contributed by atoms with Crippen LogP contribution >= 0.6 is 46.9 Å². The predicted molar refractivity (Wildman–Crippen MR) is 98.2 cm³/mol. The highest BCUT2D eigenvalue weighted by atomic mass is 127. The van der Waals surface area contributed by atoms with Crippen molar-refractivity contribution in [1.82, 2.24) is 10.6 Å². The van der Waals surface area contributed by atoms with Crippen LogP contribution in [0.1, 0.15) is 10.4 Å². The summed E-state index contributed by atoms with van der Waals surface area (Å²) in [4.78, 5) is 5.37. The molecule has 114 valence electrons. The largest absolute Gasteiger partial charge is 0.352 e. The topological polar surface area (TPSA) is 36.4 Å². The standard InChI is InChI=1S/C14H15ClFN3S.HI/c1-17-14(19-9-11-3-2-6-20-11)18-8-10-4-5-13(16)12(15)7-10;/h2-7H,8-9H2,1H3,(H2,17,18,19);1H. The zero-order valence-corrected chi connectivity index (χ0v) is 15.3. The normalized spacial score (nSPS) is 10.9. The van der Waals surface area contributed by atoms with Gasteiger partial charge in [0.1, 0.15) is 5.82 Å². The maximum absolute atomic E-state index is 13.1. The Morgan fingerprint density at radius 3 is 2.67 bits per heavy atom. The van der Waals surface area contributed by atoms with Crippen molar-refractivity contribution in [2.24, 2.45) is 4.99 Å². The Balaban J connectivity index is 0.00000220. The minimum Gasteiger partial charge on any atom is -0.352 e. The van der Waals surface area contributed by atoms with E-state index in [1.165, 1.54) is 10.9 Å². The SMILES string of the molecule is CN=C(NCc1ccc(F)c(Cl)c1)NCc1cccs1.I. The van der Waals surface area contributed by atoms with E-state index >= 15 is 0 Å². The average Bonchev–Trinajstić information content (AvgIpc) is 2.96. The molecule has 2 N–H and O–H groups in total. The Hall–Kier alpha value is -0.860. The van der Waals surface area contributed by atoms with E-state index in [9.17, 15) is 4.39 Å². The van der Waals surface area contributed by atoms with Crippen LogP contribution in [0, 0.1) is 5.82 Å². The first-order valence-electron chi connectivity index (χ1n) is 6.10. The third kappa shape index (κ3) is 5.80. The van der Waals surface area contributed by atoms with E-state index in [1.807, 2.05) is 11.4 Å². The number of hydrogen-bond acceptors (Lipinski definition) is 2. The van der Waals surface area contributed by atoms with E-state index in [0.29, 0.717) is 12.5 Å². The lowest BCUT2D eigenvalue weighted by Gasteiger charge is -2.11. The molecule has 0 saturated carbocycles. The van der Waals surface area contributed by atoms with Gasteiger partial charge in [0.05, 0.1) is 11.6 Å². The molecule has 7 heteroatoms. The van der Waals surface area contributed by atoms with Crippen molar-refractivity contribution in [1.29, 1.82) is 0 Å². The zero-order valence-electron chi connectivity index (χ0n) is 11.4. The number of aliphatic imine (C=N–C) groups is 1. The second-order valence-corrected chi connectivity index (χ2v) is 5.55. The highest BCUT2D eigenvalue weighted by molar-refractivity contribution is 14.0. The van der Waals surface area contributed by atoms with Gasteiger partial charge in [0.25, 0.3) is 0 Å². The van der Waals surface area contributed by atoms with Crippen molar-refractivity contribution in [3.05, 3.63) is 57.0 Å². The molecule has 0 bridgehead atoms. The summed E-state index contributed by atoms with van der Waals surface area (Å²) in [5, 5.41) is 8.53. The second-order valence-electron chi connectivity index (χ2n) is 4.11. The molecule has 1 aromatic carbocycles. The maximum Gasteiger partial charge on any atom is 0.191 e. The number of benzene rings is 1. The number of rotatable bonds is 4. The number of guanidine groups is 1. The van der Waals surface area contributed by atoms with Gasteiger partial charge >= 0.3 is 0 Å². The Bertz CT molecular complexity index is 590. The molecule has 2 aromatic rings. The van der Waals surface area contributed by atoms with Crippen molar-refractivity contribution in [3.63, 3.8) is 0 Å². The van der Waals surface area contributed by atoms with Crippen molar-refractivity contribution < 1.29 is 4.39 Å². The van der Waals surface area contributed by atoms with Crippen molar-refractivity contribution in [2.75, 3.05) is 7.05 Å². The second kappa shape index (κ2) is 9.22. The van der Waals surface area contributed by atoms with Crippen LogP contribution in [-0.2, 0) is 13.1 Å². The van der Waals surface area contributed by atoms with Crippen molar-refractivity contribution >= 4 is 52.9 Å². The molecule has 1 aromatic heterocycles. The van der Waals surface area contributed by atoms with E-state index in [-0.39, 0.29) is 29.0 Å². The third-order valence-corrected chi connectivity index (χ3v) is 3.84. The summed E-state index contributed by atoms with van der Waals surface area (Å²) in [7, 11) is 1.71. The van der Waals surface area contributed by atoms with E-state index < -0.39 is 5.82 Å². The lowest BCUT2D eigenvalue weighted by molar-refractivity contribution is 0.627. The third-order valence-electron chi connectivity index (χ3n) is 2.68. The minimum atomic E-state index is -0.407. The Labute approximate surface area is 149 Å². The van der Waals surface area contributed by atoms with Gasteiger partial charge in [-0.05, 0) is 29.1 Å². The van der Waals surface area contributed by atoms with Crippen molar-refractivity contribution in [2.45, 2.75) is 13.1 Å². The van der Waals surface area contributed by atoms with E-state index in [0.717, 1.165) is 12.1 Å². The molecule has 0 unspecified atom stereocenters. The van der Waals surface area contributed by atoms with Gasteiger partial charge < -0.3 is 10.6 Å². The number of nitrogens with one attached hydrogen (secondary N) is 2. The van der Waals surface area contributed by atoms with Crippen LogP contribution in [0.25, 0.3) is 0 Å². The van der Waals surface area contributed by atoms with Gasteiger partial charge in [-0.15, -0.1) is 35.3 Å². The lowest BCUT2D eigenvalue weighted by Crippen LogP contribution is -2.36. The number of thiophene rings is 1. The summed E-state index contributed by atoms with van der Waals surface area (Å²) in [6, 6.07) is 8.74. The summed E-state index contributed by atoms with van der Waals surface area (Å²) in [6.07, 6.45) is 0. The fourth-order valence-electron chi connectivity index (χ4n) is 1.64. The number of hydrogen-bond donors (Lipinski definition) is 2.